The van der Waals surface area contributed by atoms with Crippen LogP contribution < -0.4 is 5.32 Å². The van der Waals surface area contributed by atoms with E-state index in [1.54, 1.807) is 0 Å². The van der Waals surface area contributed by atoms with Crippen molar-refractivity contribution < 1.29 is 18.0 Å². The second-order valence-corrected chi connectivity index (χ2v) is 8.28. The number of hydrogen-bond acceptors (Lipinski definition) is 1. The summed E-state index contributed by atoms with van der Waals surface area (Å²) in [7, 11) is 0. The van der Waals surface area contributed by atoms with E-state index in [0.717, 1.165) is 36.8 Å². The molecule has 3 rings (SSSR count). The number of rotatable bonds is 10. The first-order valence-corrected chi connectivity index (χ1v) is 11.0. The highest BCUT2D eigenvalue weighted by Gasteiger charge is 2.37. The Morgan fingerprint density at radius 1 is 0.967 bits per heavy atom. The molecule has 0 spiro atoms. The molecular weight excluding hydrogens is 387 g/mol. The quantitative estimate of drug-likeness (QED) is 0.409. The minimum Gasteiger partial charge on any atom is -0.321 e. The average Bonchev–Trinajstić information content (AvgIpc) is 3.08. The van der Waals surface area contributed by atoms with E-state index in [9.17, 15) is 18.0 Å². The van der Waals surface area contributed by atoms with E-state index in [2.05, 4.69) is 12.2 Å². The Balaban J connectivity index is 1.67. The molecule has 0 heterocycles. The maximum absolute atomic E-state index is 14.0. The minimum atomic E-state index is -1.10. The van der Waals surface area contributed by atoms with Gasteiger partial charge in [0.15, 0.2) is 11.6 Å². The molecule has 2 atom stereocenters. The second-order valence-electron chi connectivity index (χ2n) is 8.28. The van der Waals surface area contributed by atoms with E-state index in [1.165, 1.54) is 32.1 Å². The highest BCUT2D eigenvalue weighted by molar-refractivity contribution is 5.97. The fraction of sp³-hybridized carbons (Fsp3) is 0.480. The Morgan fingerprint density at radius 3 is 2.30 bits per heavy atom. The molecule has 2 aromatic carbocycles. The van der Waals surface area contributed by atoms with Crippen molar-refractivity contribution in [3.63, 3.8) is 0 Å². The maximum atomic E-state index is 14.0. The van der Waals surface area contributed by atoms with Gasteiger partial charge in [0.05, 0.1) is 5.92 Å². The predicted octanol–water partition coefficient (Wildman–Crippen LogP) is 7.14. The molecule has 30 heavy (non-hydrogen) atoms. The van der Waals surface area contributed by atoms with Crippen LogP contribution >= 0.6 is 0 Å². The molecule has 2 nitrogen and oxygen atoms in total. The molecule has 1 aliphatic rings. The molecule has 1 aliphatic carbocycles. The summed E-state index contributed by atoms with van der Waals surface area (Å²) >= 11 is 0. The minimum absolute atomic E-state index is 0.101. The lowest BCUT2D eigenvalue weighted by Gasteiger charge is -2.20. The molecule has 0 radical (unpaired) electrons. The molecule has 2 aromatic rings. The molecule has 0 bridgehead atoms. The van der Waals surface area contributed by atoms with Crippen LogP contribution in [0.15, 0.2) is 36.4 Å². The monoisotopic (exact) mass is 417 g/mol. The lowest BCUT2D eigenvalue weighted by atomic mass is 9.87. The van der Waals surface area contributed by atoms with Gasteiger partial charge in [0, 0.05) is 12.1 Å². The number of halogens is 3. The van der Waals surface area contributed by atoms with Gasteiger partial charge in [-0.1, -0.05) is 76.1 Å². The van der Waals surface area contributed by atoms with Crippen molar-refractivity contribution in [2.24, 2.45) is 5.92 Å². The van der Waals surface area contributed by atoms with Crippen molar-refractivity contribution in [2.45, 2.75) is 70.6 Å². The zero-order chi connectivity index (χ0) is 21.5. The molecule has 1 N–H and O–H groups in total. The number of carbonyl (C=O) groups excluding carboxylic acids is 1. The molecular formula is C25H30F3NO. The van der Waals surface area contributed by atoms with Crippen molar-refractivity contribution >= 4 is 11.6 Å². The summed E-state index contributed by atoms with van der Waals surface area (Å²) in [5.41, 5.74) is 1.46. The Kier molecular flexibility index (Phi) is 7.94. The Bertz CT molecular complexity index is 844. The smallest absolute Gasteiger partial charge is 0.232 e. The van der Waals surface area contributed by atoms with Crippen LogP contribution in [0.4, 0.5) is 18.9 Å². The summed E-state index contributed by atoms with van der Waals surface area (Å²) in [5.74, 6) is -4.00. The van der Waals surface area contributed by atoms with E-state index in [-0.39, 0.29) is 5.92 Å². The molecule has 0 saturated heterocycles. The van der Waals surface area contributed by atoms with Gasteiger partial charge in [0.2, 0.25) is 5.91 Å². The number of anilines is 1. The molecule has 1 amide bonds. The van der Waals surface area contributed by atoms with Gasteiger partial charge in [-0.2, -0.15) is 0 Å². The molecule has 0 aromatic heterocycles. The van der Waals surface area contributed by atoms with Gasteiger partial charge in [-0.15, -0.1) is 0 Å². The van der Waals surface area contributed by atoms with Crippen LogP contribution in [0.25, 0.3) is 0 Å². The number of nitrogens with one attached hydrogen (secondary N) is 1. The first-order chi connectivity index (χ1) is 14.5. The SMILES string of the molecule is CCCCCCCCCC1Cc2ccccc2C1C(=O)Nc1c(F)cc(F)cc1F. The van der Waals surface area contributed by atoms with Gasteiger partial charge in [-0.3, -0.25) is 4.79 Å². The molecule has 2 unspecified atom stereocenters. The highest BCUT2D eigenvalue weighted by Crippen LogP contribution is 2.41. The van der Waals surface area contributed by atoms with Crippen LogP contribution in [0.2, 0.25) is 0 Å². The van der Waals surface area contributed by atoms with Crippen LogP contribution in [0, 0.1) is 23.4 Å². The number of unbranched alkanes of at least 4 members (excludes halogenated alkanes) is 6. The Hall–Kier alpha value is -2.30. The molecule has 0 fully saturated rings. The Labute approximate surface area is 176 Å². The van der Waals surface area contributed by atoms with Gasteiger partial charge in [-0.25, -0.2) is 13.2 Å². The number of carbonyl (C=O) groups is 1. The van der Waals surface area contributed by atoms with Crippen molar-refractivity contribution in [1.82, 2.24) is 0 Å². The van der Waals surface area contributed by atoms with Crippen molar-refractivity contribution in [2.75, 3.05) is 5.32 Å². The lowest BCUT2D eigenvalue weighted by Crippen LogP contribution is -2.26. The first-order valence-electron chi connectivity index (χ1n) is 11.0. The summed E-state index contributed by atoms with van der Waals surface area (Å²) in [6.07, 6.45) is 10.1. The third-order valence-corrected chi connectivity index (χ3v) is 6.06. The van der Waals surface area contributed by atoms with E-state index >= 15 is 0 Å². The summed E-state index contributed by atoms with van der Waals surface area (Å²) in [6, 6.07) is 8.92. The number of benzene rings is 2. The van der Waals surface area contributed by atoms with E-state index < -0.39 is 35.0 Å². The third kappa shape index (κ3) is 5.44. The van der Waals surface area contributed by atoms with Crippen LogP contribution in [-0.2, 0) is 11.2 Å². The Morgan fingerprint density at radius 2 is 1.60 bits per heavy atom. The summed E-state index contributed by atoms with van der Waals surface area (Å²) in [6.45, 7) is 2.20. The van der Waals surface area contributed by atoms with E-state index in [1.807, 2.05) is 24.3 Å². The summed E-state index contributed by atoms with van der Waals surface area (Å²) in [5, 5.41) is 2.39. The molecule has 0 saturated carbocycles. The van der Waals surface area contributed by atoms with Crippen molar-refractivity contribution in [1.29, 1.82) is 0 Å². The van der Waals surface area contributed by atoms with Crippen LogP contribution in [0.1, 0.15) is 75.3 Å². The maximum Gasteiger partial charge on any atom is 0.232 e. The topological polar surface area (TPSA) is 29.1 Å². The first kappa shape index (κ1) is 22.4. The number of hydrogen-bond donors (Lipinski definition) is 1. The van der Waals surface area contributed by atoms with Crippen LogP contribution in [0.5, 0.6) is 0 Å². The van der Waals surface area contributed by atoms with Crippen molar-refractivity contribution in [3.05, 3.63) is 65.0 Å². The predicted molar refractivity (Wildman–Crippen MR) is 114 cm³/mol. The normalized spacial score (nSPS) is 17.7. The fourth-order valence-corrected chi connectivity index (χ4v) is 4.53. The zero-order valence-electron chi connectivity index (χ0n) is 17.5. The standard InChI is InChI=1S/C25H30F3NO/c1-2-3-4-5-6-7-8-12-18-14-17-11-9-10-13-20(17)23(18)25(30)29-24-21(27)15-19(26)16-22(24)28/h9-11,13,15-16,18,23H,2-8,12,14H2,1H3,(H,29,30). The summed E-state index contributed by atoms with van der Waals surface area (Å²) in [4.78, 5) is 13.0. The van der Waals surface area contributed by atoms with Crippen LogP contribution in [-0.4, -0.2) is 5.91 Å². The van der Waals surface area contributed by atoms with Crippen molar-refractivity contribution in [3.8, 4) is 0 Å². The number of fused-ring (bicyclic) bond motifs is 1. The van der Waals surface area contributed by atoms with Gasteiger partial charge in [0.1, 0.15) is 11.5 Å². The third-order valence-electron chi connectivity index (χ3n) is 6.06. The van der Waals surface area contributed by atoms with E-state index in [4.69, 9.17) is 0 Å². The number of amides is 1. The average molecular weight is 418 g/mol. The van der Waals surface area contributed by atoms with Gasteiger partial charge in [-0.05, 0) is 29.9 Å². The lowest BCUT2D eigenvalue weighted by molar-refractivity contribution is -0.118. The summed E-state index contributed by atoms with van der Waals surface area (Å²) < 4.78 is 41.2. The molecule has 162 valence electrons. The largest absolute Gasteiger partial charge is 0.321 e. The van der Waals surface area contributed by atoms with Gasteiger partial charge in [0.25, 0.3) is 0 Å². The second kappa shape index (κ2) is 10.6. The van der Waals surface area contributed by atoms with Gasteiger partial charge < -0.3 is 5.32 Å². The zero-order valence-corrected chi connectivity index (χ0v) is 17.5. The van der Waals surface area contributed by atoms with Gasteiger partial charge >= 0.3 is 0 Å². The van der Waals surface area contributed by atoms with E-state index in [0.29, 0.717) is 12.1 Å². The molecule has 0 aliphatic heterocycles. The highest BCUT2D eigenvalue weighted by atomic mass is 19.1. The molecule has 5 heteroatoms. The van der Waals surface area contributed by atoms with Crippen LogP contribution in [0.3, 0.4) is 0 Å². The fourth-order valence-electron chi connectivity index (χ4n) is 4.53.